The van der Waals surface area contributed by atoms with E-state index in [2.05, 4.69) is 116 Å². The van der Waals surface area contributed by atoms with E-state index in [4.69, 9.17) is 15.2 Å². The summed E-state index contributed by atoms with van der Waals surface area (Å²) in [5.74, 6) is 2.07. The number of benzene rings is 6. The minimum Gasteiger partial charge on any atom is -0.457 e. The van der Waals surface area contributed by atoms with E-state index in [9.17, 15) is 5.41 Å². The number of allylic oxidation sites excluding steroid dienone is 1. The summed E-state index contributed by atoms with van der Waals surface area (Å²) in [6.07, 6.45) is 4.44. The molecule has 1 unspecified atom stereocenters. The number of rotatable bonds is 4. The lowest BCUT2D eigenvalue weighted by atomic mass is 9.66. The maximum absolute atomic E-state index is 9.33. The van der Waals surface area contributed by atoms with Gasteiger partial charge >= 0.3 is 0 Å². The number of hydrogen-bond acceptors (Lipinski definition) is 4. The summed E-state index contributed by atoms with van der Waals surface area (Å²) in [4.78, 5) is 0. The average molecular weight is 623 g/mol. The first-order valence-electron chi connectivity index (χ1n) is 16.6. The van der Waals surface area contributed by atoms with E-state index in [0.29, 0.717) is 5.92 Å². The Kier molecular flexibility index (Phi) is 6.49. The third-order valence-corrected chi connectivity index (χ3v) is 10.2. The zero-order valence-electron chi connectivity index (χ0n) is 26.6. The molecule has 6 aromatic rings. The zero-order chi connectivity index (χ0) is 32.4. The molecular weight excluding hydrogens is 588 g/mol. The second-order valence-electron chi connectivity index (χ2n) is 13.0. The van der Waals surface area contributed by atoms with Gasteiger partial charge in [-0.15, -0.1) is 0 Å². The largest absolute Gasteiger partial charge is 0.457 e. The Morgan fingerprint density at radius 2 is 1.38 bits per heavy atom. The van der Waals surface area contributed by atoms with Crippen LogP contribution in [0.5, 0.6) is 11.5 Å². The molecule has 1 aliphatic heterocycles. The summed E-state index contributed by atoms with van der Waals surface area (Å²) in [5, 5.41) is 9.33. The molecule has 232 valence electrons. The van der Waals surface area contributed by atoms with Crippen LogP contribution in [0.15, 0.2) is 140 Å². The highest BCUT2D eigenvalue weighted by atomic mass is 16.5. The average Bonchev–Trinajstić information content (AvgIpc) is 3.42. The van der Waals surface area contributed by atoms with Gasteiger partial charge in [-0.2, -0.15) is 0 Å². The van der Waals surface area contributed by atoms with Gasteiger partial charge in [0.05, 0.1) is 5.41 Å². The van der Waals surface area contributed by atoms with Gasteiger partial charge in [-0.05, 0) is 69.0 Å². The number of nitrogens with two attached hydrogens (primary N) is 1. The van der Waals surface area contributed by atoms with Crippen molar-refractivity contribution in [2.75, 3.05) is 0 Å². The van der Waals surface area contributed by atoms with Crippen LogP contribution < -0.4 is 10.5 Å². The van der Waals surface area contributed by atoms with Crippen LogP contribution in [0.3, 0.4) is 0 Å². The van der Waals surface area contributed by atoms with Crippen LogP contribution in [0.25, 0.3) is 28.3 Å². The Bertz CT molecular complexity index is 2240. The minimum absolute atomic E-state index is 0.0693. The van der Waals surface area contributed by atoms with Crippen molar-refractivity contribution in [1.82, 2.24) is 0 Å². The van der Waals surface area contributed by atoms with E-state index in [1.807, 2.05) is 36.4 Å². The van der Waals surface area contributed by atoms with Crippen LogP contribution in [0.2, 0.25) is 0 Å². The lowest BCUT2D eigenvalue weighted by Crippen LogP contribution is -2.32. The first kappa shape index (κ1) is 28.5. The van der Waals surface area contributed by atoms with Crippen LogP contribution in [0.4, 0.5) is 0 Å². The molecular formula is C44H34N2O2. The molecule has 4 heteroatoms. The lowest BCUT2D eigenvalue weighted by Gasteiger charge is -2.39. The van der Waals surface area contributed by atoms with Crippen LogP contribution in [-0.2, 0) is 16.6 Å². The van der Waals surface area contributed by atoms with E-state index in [1.54, 1.807) is 0 Å². The molecule has 6 aromatic carbocycles. The first-order valence-corrected chi connectivity index (χ1v) is 16.6. The molecule has 48 heavy (non-hydrogen) atoms. The summed E-state index contributed by atoms with van der Waals surface area (Å²) in [7, 11) is 0. The van der Waals surface area contributed by atoms with Gasteiger partial charge in [-0.25, -0.2) is 0 Å². The summed E-state index contributed by atoms with van der Waals surface area (Å²) >= 11 is 0. The molecule has 2 aliphatic carbocycles. The fourth-order valence-electron chi connectivity index (χ4n) is 8.12. The maximum atomic E-state index is 9.33. The van der Waals surface area contributed by atoms with Crippen molar-refractivity contribution in [2.24, 2.45) is 11.7 Å². The summed E-state index contributed by atoms with van der Waals surface area (Å²) in [6, 6.07) is 46.4. The van der Waals surface area contributed by atoms with Gasteiger partial charge in [0.25, 0.3) is 0 Å². The molecule has 9 rings (SSSR count). The van der Waals surface area contributed by atoms with Crippen molar-refractivity contribution in [1.29, 1.82) is 5.41 Å². The Labute approximate surface area is 280 Å². The molecule has 0 bridgehead atoms. The van der Waals surface area contributed by atoms with E-state index in [0.717, 1.165) is 62.4 Å². The van der Waals surface area contributed by atoms with Gasteiger partial charge in [0.1, 0.15) is 11.5 Å². The molecule has 1 heterocycles. The van der Waals surface area contributed by atoms with Gasteiger partial charge in [0.2, 0.25) is 5.90 Å². The van der Waals surface area contributed by atoms with E-state index in [1.165, 1.54) is 22.3 Å². The number of ether oxygens (including phenoxy) is 2. The van der Waals surface area contributed by atoms with Crippen LogP contribution in [0, 0.1) is 11.3 Å². The van der Waals surface area contributed by atoms with Crippen molar-refractivity contribution >= 4 is 12.0 Å². The van der Waals surface area contributed by atoms with Gasteiger partial charge in [-0.1, -0.05) is 140 Å². The summed E-state index contributed by atoms with van der Waals surface area (Å²) in [5.41, 5.74) is 19.0. The zero-order valence-corrected chi connectivity index (χ0v) is 26.6. The van der Waals surface area contributed by atoms with Crippen molar-refractivity contribution in [3.63, 3.8) is 0 Å². The topological polar surface area (TPSA) is 68.3 Å². The van der Waals surface area contributed by atoms with Crippen molar-refractivity contribution in [3.05, 3.63) is 184 Å². The van der Waals surface area contributed by atoms with Crippen molar-refractivity contribution in [3.8, 4) is 33.8 Å². The fraction of sp³-hybridized carbons (Fsp3) is 0.114. The second kappa shape index (κ2) is 10.9. The number of nitrogens with one attached hydrogen (secondary N) is 1. The number of hydrogen-bond donors (Lipinski definition) is 2. The van der Waals surface area contributed by atoms with Crippen LogP contribution >= 0.6 is 0 Å². The lowest BCUT2D eigenvalue weighted by molar-refractivity contribution is 0.199. The van der Waals surface area contributed by atoms with E-state index >= 15 is 0 Å². The Hall–Kier alpha value is -5.71. The highest BCUT2D eigenvalue weighted by molar-refractivity contribution is 6.02. The standard InChI is InChI=1S/C44H34N2O2/c1-27-19-20-28-21-23-31(41(34(28)25-27)43(46)48-42(45)29-11-3-2-4-12-29)30-22-24-38-40(26-30)47-39-18-10-9-17-37(39)44(38)35-15-7-5-13-32(35)33-14-6-8-16-36(33)44/h2-24,26-27,42,46H,25,45H2,1H3/t27-,42?/m0/s1. The molecule has 2 atom stereocenters. The monoisotopic (exact) mass is 622 g/mol. The van der Waals surface area contributed by atoms with Crippen molar-refractivity contribution < 1.29 is 9.47 Å². The van der Waals surface area contributed by atoms with Crippen molar-refractivity contribution in [2.45, 2.75) is 25.0 Å². The molecule has 4 nitrogen and oxygen atoms in total. The molecule has 0 aromatic heterocycles. The molecule has 0 fully saturated rings. The molecule has 3 aliphatic rings. The molecule has 0 saturated heterocycles. The SMILES string of the molecule is C[C@H]1C=Cc2ccc(-c3ccc4c(c3)Oc3ccccc3C43c4ccccc4-c4ccccc43)c(C(=N)OC(N)c3ccccc3)c2C1. The second-order valence-corrected chi connectivity index (χ2v) is 13.0. The number of para-hydroxylation sites is 1. The molecule has 0 amide bonds. The van der Waals surface area contributed by atoms with E-state index in [-0.39, 0.29) is 5.90 Å². The Morgan fingerprint density at radius 1 is 0.729 bits per heavy atom. The van der Waals surface area contributed by atoms with Gasteiger partial charge in [0.15, 0.2) is 6.23 Å². The Morgan fingerprint density at radius 3 is 2.12 bits per heavy atom. The third-order valence-electron chi connectivity index (χ3n) is 10.2. The summed E-state index contributed by atoms with van der Waals surface area (Å²) in [6.45, 7) is 2.21. The van der Waals surface area contributed by atoms with Crippen LogP contribution in [0.1, 0.15) is 57.7 Å². The maximum Gasteiger partial charge on any atom is 0.216 e. The third kappa shape index (κ3) is 4.16. The molecule has 0 radical (unpaired) electrons. The quantitative estimate of drug-likeness (QED) is 0.117. The van der Waals surface area contributed by atoms with E-state index < -0.39 is 11.6 Å². The van der Waals surface area contributed by atoms with Gasteiger partial charge < -0.3 is 9.47 Å². The number of fused-ring (bicyclic) bond motifs is 10. The van der Waals surface area contributed by atoms with Crippen LogP contribution in [-0.4, -0.2) is 5.90 Å². The molecule has 3 N–H and O–H groups in total. The minimum atomic E-state index is -0.760. The molecule has 1 spiro atoms. The summed E-state index contributed by atoms with van der Waals surface area (Å²) < 4.78 is 13.0. The predicted octanol–water partition coefficient (Wildman–Crippen LogP) is 10.0. The van der Waals surface area contributed by atoms with Gasteiger partial charge in [-0.3, -0.25) is 11.1 Å². The normalized spacial score (nSPS) is 16.5. The first-order chi connectivity index (χ1) is 23.5. The highest BCUT2D eigenvalue weighted by Gasteiger charge is 2.50. The fourth-order valence-corrected chi connectivity index (χ4v) is 8.12. The van der Waals surface area contributed by atoms with Gasteiger partial charge in [0, 0.05) is 22.3 Å². The molecule has 0 saturated carbocycles. The smallest absolute Gasteiger partial charge is 0.216 e. The predicted molar refractivity (Wildman–Crippen MR) is 192 cm³/mol. The highest BCUT2D eigenvalue weighted by Crippen LogP contribution is 2.62. The Balaban J connectivity index is 1.23.